The minimum Gasteiger partial charge on any atom is -0.322 e. The molecule has 0 aromatic heterocycles. The van der Waals surface area contributed by atoms with Crippen LogP contribution in [0.2, 0.25) is 0 Å². The predicted octanol–water partition coefficient (Wildman–Crippen LogP) is 4.28. The van der Waals surface area contributed by atoms with E-state index in [0.717, 1.165) is 16.6 Å². The molecule has 0 fully saturated rings. The Balaban J connectivity index is 2.18. The predicted molar refractivity (Wildman–Crippen MR) is 78.2 cm³/mol. The second-order valence-electron chi connectivity index (χ2n) is 4.25. The van der Waals surface area contributed by atoms with Crippen LogP contribution in [-0.4, -0.2) is 5.91 Å². The van der Waals surface area contributed by atoms with Crippen molar-refractivity contribution in [3.05, 3.63) is 65.0 Å². The van der Waals surface area contributed by atoms with Gasteiger partial charge in [-0.2, -0.15) is 0 Å². The maximum Gasteiger partial charge on any atom is 0.255 e. The summed E-state index contributed by atoms with van der Waals surface area (Å²) in [6.07, 6.45) is 0. The number of aryl methyl sites for hydroxylation is 1. The summed E-state index contributed by atoms with van der Waals surface area (Å²) in [7, 11) is 0. The number of carbonyl (C=O) groups is 1. The molecule has 0 radical (unpaired) electrons. The smallest absolute Gasteiger partial charge is 0.255 e. The van der Waals surface area contributed by atoms with E-state index in [1.807, 2.05) is 24.3 Å². The van der Waals surface area contributed by atoms with Gasteiger partial charge in [-0.05, 0) is 48.4 Å². The first-order valence-electron chi connectivity index (χ1n) is 5.82. The highest BCUT2D eigenvalue weighted by Crippen LogP contribution is 2.15. The summed E-state index contributed by atoms with van der Waals surface area (Å²) in [6.45, 7) is 1.64. The summed E-state index contributed by atoms with van der Waals surface area (Å²) < 4.78 is 13.2. The van der Waals surface area contributed by atoms with Crippen LogP contribution in [0.3, 0.4) is 0 Å². The molecule has 19 heavy (non-hydrogen) atoms. The van der Waals surface area contributed by atoms with Gasteiger partial charge in [0.05, 0.1) is 0 Å². The lowest BCUT2D eigenvalue weighted by atomic mass is 10.1. The molecule has 2 rings (SSSR count). The normalized spacial score (nSPS) is 10.3. The third-order valence-electron chi connectivity index (χ3n) is 2.76. The van der Waals surface area contributed by atoms with E-state index in [1.54, 1.807) is 13.0 Å². The Morgan fingerprint density at radius 3 is 2.74 bits per heavy atom. The summed E-state index contributed by atoms with van der Waals surface area (Å²) in [6, 6.07) is 11.9. The number of hydrogen-bond acceptors (Lipinski definition) is 1. The SMILES string of the molecule is Cc1cc(C(=O)Nc2cccc(CBr)c2)ccc1F. The number of halogens is 2. The Morgan fingerprint density at radius 2 is 2.05 bits per heavy atom. The third kappa shape index (κ3) is 3.41. The third-order valence-corrected chi connectivity index (χ3v) is 3.41. The van der Waals surface area contributed by atoms with Gasteiger partial charge in [-0.3, -0.25) is 4.79 Å². The monoisotopic (exact) mass is 321 g/mol. The zero-order valence-electron chi connectivity index (χ0n) is 10.4. The number of nitrogens with one attached hydrogen (secondary N) is 1. The first-order chi connectivity index (χ1) is 9.10. The van der Waals surface area contributed by atoms with Gasteiger partial charge < -0.3 is 5.32 Å². The maximum atomic E-state index is 13.2. The molecule has 0 atom stereocenters. The molecule has 0 bridgehead atoms. The molecule has 98 valence electrons. The summed E-state index contributed by atoms with van der Waals surface area (Å²) in [4.78, 5) is 12.0. The van der Waals surface area contributed by atoms with Crippen molar-refractivity contribution >= 4 is 27.5 Å². The number of benzene rings is 2. The van der Waals surface area contributed by atoms with Gasteiger partial charge in [0, 0.05) is 16.6 Å². The van der Waals surface area contributed by atoms with Gasteiger partial charge in [0.1, 0.15) is 5.82 Å². The Hall–Kier alpha value is -1.68. The minimum absolute atomic E-state index is 0.241. The Morgan fingerprint density at radius 1 is 1.26 bits per heavy atom. The lowest BCUT2D eigenvalue weighted by molar-refractivity contribution is 0.102. The van der Waals surface area contributed by atoms with Gasteiger partial charge in [-0.1, -0.05) is 28.1 Å². The minimum atomic E-state index is -0.308. The number of amides is 1. The van der Waals surface area contributed by atoms with Crippen molar-refractivity contribution < 1.29 is 9.18 Å². The van der Waals surface area contributed by atoms with Crippen molar-refractivity contribution in [1.29, 1.82) is 0 Å². The van der Waals surface area contributed by atoms with Gasteiger partial charge in [0.2, 0.25) is 0 Å². The van der Waals surface area contributed by atoms with Gasteiger partial charge in [0.25, 0.3) is 5.91 Å². The fourth-order valence-electron chi connectivity index (χ4n) is 1.72. The Kier molecular flexibility index (Phi) is 4.32. The average molecular weight is 322 g/mol. The standard InChI is InChI=1S/C15H13BrFNO/c1-10-7-12(5-6-14(10)17)15(19)18-13-4-2-3-11(8-13)9-16/h2-8H,9H2,1H3,(H,18,19). The fraction of sp³-hybridized carbons (Fsp3) is 0.133. The van der Waals surface area contributed by atoms with Crippen molar-refractivity contribution in [1.82, 2.24) is 0 Å². The van der Waals surface area contributed by atoms with Crippen molar-refractivity contribution in [3.63, 3.8) is 0 Å². The number of hydrogen-bond donors (Lipinski definition) is 1. The Labute approximate surface area is 119 Å². The van der Waals surface area contributed by atoms with Crippen LogP contribution in [0.4, 0.5) is 10.1 Å². The molecule has 2 nitrogen and oxygen atoms in total. The van der Waals surface area contributed by atoms with Gasteiger partial charge >= 0.3 is 0 Å². The molecule has 0 heterocycles. The number of alkyl halides is 1. The van der Waals surface area contributed by atoms with Gasteiger partial charge in [-0.15, -0.1) is 0 Å². The topological polar surface area (TPSA) is 29.1 Å². The van der Waals surface area contributed by atoms with Crippen molar-refractivity contribution in [2.75, 3.05) is 5.32 Å². The molecule has 0 saturated carbocycles. The molecular weight excluding hydrogens is 309 g/mol. The summed E-state index contributed by atoms with van der Waals surface area (Å²) in [5, 5.41) is 3.53. The first-order valence-corrected chi connectivity index (χ1v) is 6.94. The lowest BCUT2D eigenvalue weighted by Gasteiger charge is -2.07. The van der Waals surface area contributed by atoms with Crippen LogP contribution in [0.15, 0.2) is 42.5 Å². The molecule has 0 spiro atoms. The van der Waals surface area contributed by atoms with E-state index >= 15 is 0 Å². The average Bonchev–Trinajstić information content (AvgIpc) is 2.42. The number of anilines is 1. The number of carbonyl (C=O) groups excluding carboxylic acids is 1. The maximum absolute atomic E-state index is 13.2. The molecule has 0 aliphatic rings. The molecule has 0 aliphatic heterocycles. The second-order valence-corrected chi connectivity index (χ2v) is 4.81. The molecule has 0 aliphatic carbocycles. The van der Waals surface area contributed by atoms with E-state index in [4.69, 9.17) is 0 Å². The van der Waals surface area contributed by atoms with E-state index in [0.29, 0.717) is 11.1 Å². The highest BCUT2D eigenvalue weighted by molar-refractivity contribution is 9.08. The van der Waals surface area contributed by atoms with Crippen molar-refractivity contribution in [3.8, 4) is 0 Å². The van der Waals surface area contributed by atoms with Crippen LogP contribution < -0.4 is 5.32 Å². The van der Waals surface area contributed by atoms with E-state index in [9.17, 15) is 9.18 Å². The lowest BCUT2D eigenvalue weighted by Crippen LogP contribution is -2.12. The quantitative estimate of drug-likeness (QED) is 0.840. The van der Waals surface area contributed by atoms with E-state index in [1.165, 1.54) is 12.1 Å². The first kappa shape index (κ1) is 13.7. The molecular formula is C15H13BrFNO. The molecule has 4 heteroatoms. The van der Waals surface area contributed by atoms with Crippen LogP contribution in [0.5, 0.6) is 0 Å². The van der Waals surface area contributed by atoms with Crippen LogP contribution in [0, 0.1) is 12.7 Å². The van der Waals surface area contributed by atoms with Crippen molar-refractivity contribution in [2.24, 2.45) is 0 Å². The molecule has 2 aromatic carbocycles. The van der Waals surface area contributed by atoms with Crippen LogP contribution >= 0.6 is 15.9 Å². The zero-order valence-corrected chi connectivity index (χ0v) is 12.0. The molecule has 0 saturated heterocycles. The molecule has 2 aromatic rings. The highest BCUT2D eigenvalue weighted by atomic mass is 79.9. The van der Waals surface area contributed by atoms with E-state index < -0.39 is 0 Å². The fourth-order valence-corrected chi connectivity index (χ4v) is 2.07. The number of rotatable bonds is 3. The largest absolute Gasteiger partial charge is 0.322 e. The zero-order chi connectivity index (χ0) is 13.8. The van der Waals surface area contributed by atoms with E-state index in [-0.39, 0.29) is 11.7 Å². The molecule has 1 amide bonds. The van der Waals surface area contributed by atoms with Crippen LogP contribution in [-0.2, 0) is 5.33 Å². The Bertz CT molecular complexity index is 613. The summed E-state index contributed by atoms with van der Waals surface area (Å²) in [5.41, 5.74) is 2.71. The molecule has 0 unspecified atom stereocenters. The second kappa shape index (κ2) is 5.97. The van der Waals surface area contributed by atoms with E-state index in [2.05, 4.69) is 21.2 Å². The van der Waals surface area contributed by atoms with Crippen molar-refractivity contribution in [2.45, 2.75) is 12.3 Å². The van der Waals surface area contributed by atoms with Gasteiger partial charge in [-0.25, -0.2) is 4.39 Å². The van der Waals surface area contributed by atoms with Crippen LogP contribution in [0.25, 0.3) is 0 Å². The summed E-state index contributed by atoms with van der Waals surface area (Å²) >= 11 is 3.37. The summed E-state index contributed by atoms with van der Waals surface area (Å²) in [5.74, 6) is -0.548. The van der Waals surface area contributed by atoms with Gasteiger partial charge in [0.15, 0.2) is 0 Å². The molecule has 1 N–H and O–H groups in total. The van der Waals surface area contributed by atoms with Crippen LogP contribution in [0.1, 0.15) is 21.5 Å². The highest BCUT2D eigenvalue weighted by Gasteiger charge is 2.08.